The predicted molar refractivity (Wildman–Crippen MR) is 53.3 cm³/mol. The quantitative estimate of drug-likeness (QED) is 0.495. The minimum absolute atomic E-state index is 0.382. The molecule has 1 fully saturated rings. The summed E-state index contributed by atoms with van der Waals surface area (Å²) in [6.07, 6.45) is 0.720. The van der Waals surface area contributed by atoms with E-state index in [0.29, 0.717) is 11.9 Å². The molecule has 0 bridgehead atoms. The number of nitrogens with one attached hydrogen (secondary N) is 1. The zero-order valence-corrected chi connectivity index (χ0v) is 8.71. The Morgan fingerprint density at radius 2 is 2.15 bits per heavy atom. The van der Waals surface area contributed by atoms with Crippen molar-refractivity contribution in [2.75, 3.05) is 40.8 Å². The maximum Gasteiger partial charge on any atom is 0.181 e. The Kier molecular flexibility index (Phi) is 3.69. The van der Waals surface area contributed by atoms with Crippen LogP contribution in [0, 0.1) is 5.41 Å². The molecule has 1 heterocycles. The van der Waals surface area contributed by atoms with Crippen molar-refractivity contribution < 1.29 is 4.74 Å². The van der Waals surface area contributed by atoms with Gasteiger partial charge in [-0.15, -0.1) is 0 Å². The van der Waals surface area contributed by atoms with E-state index in [4.69, 9.17) is 10.1 Å². The molecule has 0 saturated carbocycles. The van der Waals surface area contributed by atoms with Gasteiger partial charge in [0, 0.05) is 32.1 Å². The van der Waals surface area contributed by atoms with E-state index in [0.717, 1.165) is 26.1 Å². The molecule has 1 unspecified atom stereocenters. The number of ether oxygens (including phenoxy) is 1. The van der Waals surface area contributed by atoms with E-state index in [2.05, 4.69) is 23.9 Å². The summed E-state index contributed by atoms with van der Waals surface area (Å²) in [7, 11) is 5.80. The zero-order valence-electron chi connectivity index (χ0n) is 8.71. The summed E-state index contributed by atoms with van der Waals surface area (Å²) < 4.78 is 4.87. The van der Waals surface area contributed by atoms with Crippen LogP contribution in [0.25, 0.3) is 0 Å². The third kappa shape index (κ3) is 2.97. The van der Waals surface area contributed by atoms with E-state index in [1.165, 1.54) is 0 Å². The summed E-state index contributed by atoms with van der Waals surface area (Å²) in [4.78, 5) is 4.60. The molecule has 0 spiro atoms. The van der Waals surface area contributed by atoms with Crippen molar-refractivity contribution in [2.24, 2.45) is 0 Å². The largest absolute Gasteiger partial charge is 0.484 e. The van der Waals surface area contributed by atoms with Gasteiger partial charge in [0.25, 0.3) is 0 Å². The van der Waals surface area contributed by atoms with Crippen LogP contribution < -0.4 is 0 Å². The molecule has 0 amide bonds. The van der Waals surface area contributed by atoms with Crippen molar-refractivity contribution in [1.82, 2.24) is 9.80 Å². The Morgan fingerprint density at radius 3 is 2.77 bits per heavy atom. The fourth-order valence-electron chi connectivity index (χ4n) is 1.62. The number of nitrogens with zero attached hydrogens (tertiary/aromatic N) is 2. The molecular formula is C9H19N3O. The molecule has 0 radical (unpaired) electrons. The van der Waals surface area contributed by atoms with E-state index in [9.17, 15) is 0 Å². The van der Waals surface area contributed by atoms with E-state index in [-0.39, 0.29) is 0 Å². The standard InChI is InChI=1S/C9H19N3O/c1-11-4-5-12(2)8(7-11)6-9(10)13-3/h8,10H,4-7H2,1-3H3. The first-order valence-electron chi connectivity index (χ1n) is 4.63. The van der Waals surface area contributed by atoms with Gasteiger partial charge in [-0.3, -0.25) is 5.41 Å². The fourth-order valence-corrected chi connectivity index (χ4v) is 1.62. The third-order valence-electron chi connectivity index (χ3n) is 2.65. The van der Waals surface area contributed by atoms with Gasteiger partial charge in [-0.2, -0.15) is 0 Å². The Balaban J connectivity index is 2.41. The molecule has 0 aromatic heterocycles. The molecule has 76 valence electrons. The third-order valence-corrected chi connectivity index (χ3v) is 2.65. The Morgan fingerprint density at radius 1 is 1.46 bits per heavy atom. The highest BCUT2D eigenvalue weighted by atomic mass is 16.5. The second-order valence-corrected chi connectivity index (χ2v) is 3.73. The van der Waals surface area contributed by atoms with Gasteiger partial charge in [0.05, 0.1) is 7.11 Å². The lowest BCUT2D eigenvalue weighted by atomic mass is 10.1. The first kappa shape index (κ1) is 10.5. The molecule has 1 aliphatic heterocycles. The van der Waals surface area contributed by atoms with Gasteiger partial charge in [-0.1, -0.05) is 0 Å². The van der Waals surface area contributed by atoms with Crippen LogP contribution in [-0.4, -0.2) is 62.6 Å². The van der Waals surface area contributed by atoms with E-state index in [1.54, 1.807) is 7.11 Å². The van der Waals surface area contributed by atoms with Crippen LogP contribution in [0.5, 0.6) is 0 Å². The average molecular weight is 185 g/mol. The molecule has 1 atom stereocenters. The lowest BCUT2D eigenvalue weighted by Gasteiger charge is -2.37. The predicted octanol–water partition coefficient (Wildman–Crippen LogP) is 0.246. The summed E-state index contributed by atoms with van der Waals surface area (Å²) in [5.74, 6) is 0.382. The first-order chi connectivity index (χ1) is 6.13. The molecule has 4 heteroatoms. The van der Waals surface area contributed by atoms with Crippen LogP contribution in [-0.2, 0) is 4.74 Å². The first-order valence-corrected chi connectivity index (χ1v) is 4.63. The number of piperazine rings is 1. The lowest BCUT2D eigenvalue weighted by molar-refractivity contribution is 0.115. The highest BCUT2D eigenvalue weighted by Crippen LogP contribution is 2.09. The van der Waals surface area contributed by atoms with Crippen molar-refractivity contribution in [3.8, 4) is 0 Å². The average Bonchev–Trinajstić information content (AvgIpc) is 2.11. The van der Waals surface area contributed by atoms with Crippen LogP contribution in [0.1, 0.15) is 6.42 Å². The van der Waals surface area contributed by atoms with Gasteiger partial charge in [-0.25, -0.2) is 0 Å². The molecular weight excluding hydrogens is 166 g/mol. The number of methoxy groups -OCH3 is 1. The van der Waals surface area contributed by atoms with Crippen molar-refractivity contribution in [3.63, 3.8) is 0 Å². The van der Waals surface area contributed by atoms with Gasteiger partial charge >= 0.3 is 0 Å². The summed E-state index contributed by atoms with van der Waals surface area (Å²) in [6.45, 7) is 3.23. The zero-order chi connectivity index (χ0) is 9.84. The minimum Gasteiger partial charge on any atom is -0.484 e. The smallest absolute Gasteiger partial charge is 0.181 e. The molecule has 0 aromatic rings. The van der Waals surface area contributed by atoms with Gasteiger partial charge in [0.2, 0.25) is 0 Å². The number of hydrogen-bond acceptors (Lipinski definition) is 4. The van der Waals surface area contributed by atoms with Gasteiger partial charge in [0.15, 0.2) is 5.90 Å². The molecule has 0 aromatic carbocycles. The number of hydrogen-bond donors (Lipinski definition) is 1. The summed E-state index contributed by atoms with van der Waals surface area (Å²) >= 11 is 0. The minimum atomic E-state index is 0.382. The van der Waals surface area contributed by atoms with Crippen molar-refractivity contribution in [1.29, 1.82) is 5.41 Å². The van der Waals surface area contributed by atoms with Crippen LogP contribution in [0.2, 0.25) is 0 Å². The monoisotopic (exact) mass is 185 g/mol. The molecule has 1 N–H and O–H groups in total. The maximum absolute atomic E-state index is 7.46. The Hall–Kier alpha value is -0.610. The lowest BCUT2D eigenvalue weighted by Crippen LogP contribution is -2.50. The summed E-state index contributed by atoms with van der Waals surface area (Å²) in [5.41, 5.74) is 0. The van der Waals surface area contributed by atoms with Crippen molar-refractivity contribution in [2.45, 2.75) is 12.5 Å². The van der Waals surface area contributed by atoms with Crippen LogP contribution >= 0.6 is 0 Å². The second-order valence-electron chi connectivity index (χ2n) is 3.73. The SMILES string of the molecule is COC(=N)CC1CN(C)CCN1C. The van der Waals surface area contributed by atoms with Gasteiger partial charge in [0.1, 0.15) is 0 Å². The fraction of sp³-hybridized carbons (Fsp3) is 0.889. The van der Waals surface area contributed by atoms with E-state index >= 15 is 0 Å². The molecule has 4 nitrogen and oxygen atoms in total. The van der Waals surface area contributed by atoms with Gasteiger partial charge < -0.3 is 14.5 Å². The highest BCUT2D eigenvalue weighted by molar-refractivity contribution is 5.73. The topological polar surface area (TPSA) is 39.6 Å². The number of rotatable bonds is 2. The molecule has 1 aliphatic rings. The van der Waals surface area contributed by atoms with Crippen LogP contribution in [0.3, 0.4) is 0 Å². The Bertz CT molecular complexity index is 184. The highest BCUT2D eigenvalue weighted by Gasteiger charge is 2.23. The molecule has 13 heavy (non-hydrogen) atoms. The Labute approximate surface area is 80.0 Å². The van der Waals surface area contributed by atoms with Crippen molar-refractivity contribution >= 4 is 5.90 Å². The van der Waals surface area contributed by atoms with E-state index < -0.39 is 0 Å². The molecule has 1 saturated heterocycles. The summed E-state index contributed by atoms with van der Waals surface area (Å²) in [5, 5.41) is 7.46. The van der Waals surface area contributed by atoms with E-state index in [1.807, 2.05) is 0 Å². The second kappa shape index (κ2) is 4.58. The van der Waals surface area contributed by atoms with Crippen molar-refractivity contribution in [3.05, 3.63) is 0 Å². The van der Waals surface area contributed by atoms with Crippen LogP contribution in [0.4, 0.5) is 0 Å². The molecule has 0 aliphatic carbocycles. The maximum atomic E-state index is 7.46. The number of likely N-dealkylation sites (N-methyl/N-ethyl adjacent to an activating group) is 2. The normalized spacial score (nSPS) is 25.9. The molecule has 1 rings (SSSR count). The summed E-state index contributed by atoms with van der Waals surface area (Å²) in [6, 6.07) is 0.436. The van der Waals surface area contributed by atoms with Crippen LogP contribution in [0.15, 0.2) is 0 Å². The van der Waals surface area contributed by atoms with Gasteiger partial charge in [-0.05, 0) is 14.1 Å².